The van der Waals surface area contributed by atoms with Gasteiger partial charge >= 0.3 is 0 Å². The largest absolute Gasteiger partial charge is 0.508 e. The second kappa shape index (κ2) is 9.27. The maximum Gasteiger partial charge on any atom is 0.255 e. The van der Waals surface area contributed by atoms with Crippen LogP contribution in [0.4, 0.5) is 11.6 Å². The number of anilines is 2. The van der Waals surface area contributed by atoms with E-state index in [1.54, 1.807) is 36.5 Å². The molecule has 7 nitrogen and oxygen atoms in total. The third-order valence-electron chi connectivity index (χ3n) is 4.65. The number of hydrogen-bond donors (Lipinski definition) is 4. The summed E-state index contributed by atoms with van der Waals surface area (Å²) in [6, 6.07) is 19.3. The predicted molar refractivity (Wildman–Crippen MR) is 122 cm³/mol. The van der Waals surface area contributed by atoms with Crippen LogP contribution in [-0.4, -0.2) is 21.0 Å². The van der Waals surface area contributed by atoms with E-state index in [4.69, 9.17) is 5.73 Å². The topological polar surface area (TPSA) is 113 Å². The molecular formula is C23H21N5O2S. The molecular weight excluding hydrogens is 410 g/mol. The van der Waals surface area contributed by atoms with Crippen LogP contribution in [0.2, 0.25) is 0 Å². The van der Waals surface area contributed by atoms with Gasteiger partial charge in [0.05, 0.1) is 23.8 Å². The van der Waals surface area contributed by atoms with E-state index < -0.39 is 6.04 Å². The number of pyridine rings is 2. The zero-order valence-corrected chi connectivity index (χ0v) is 17.3. The maximum absolute atomic E-state index is 13.0. The van der Waals surface area contributed by atoms with Crippen LogP contribution in [0.3, 0.4) is 0 Å². The number of benzene rings is 1. The SMILES string of the molecule is Nc1nc(NCc2ccccn2)ccc1C(=O)NC(c1cccc(O)c1)c1cccs1. The smallest absolute Gasteiger partial charge is 0.255 e. The Bertz CT molecular complexity index is 1170. The van der Waals surface area contributed by atoms with Crippen molar-refractivity contribution in [3.8, 4) is 5.75 Å². The summed E-state index contributed by atoms with van der Waals surface area (Å²) < 4.78 is 0. The van der Waals surface area contributed by atoms with Crippen molar-refractivity contribution in [2.75, 3.05) is 11.1 Å². The fourth-order valence-corrected chi connectivity index (χ4v) is 3.94. The highest BCUT2D eigenvalue weighted by Crippen LogP contribution is 2.28. The summed E-state index contributed by atoms with van der Waals surface area (Å²) in [5.74, 6) is 0.479. The average Bonchev–Trinajstić information content (AvgIpc) is 3.31. The highest BCUT2D eigenvalue weighted by Gasteiger charge is 2.21. The van der Waals surface area contributed by atoms with Gasteiger partial charge in [-0.25, -0.2) is 4.98 Å². The lowest BCUT2D eigenvalue weighted by atomic mass is 10.0. The van der Waals surface area contributed by atoms with Gasteiger partial charge in [0, 0.05) is 11.1 Å². The molecule has 0 aliphatic heterocycles. The Morgan fingerprint density at radius 2 is 2.00 bits per heavy atom. The minimum atomic E-state index is -0.416. The number of phenols is 1. The number of nitrogens with two attached hydrogens (primary N) is 1. The molecule has 31 heavy (non-hydrogen) atoms. The number of phenolic OH excluding ortho intramolecular Hbond substituents is 1. The number of carbonyl (C=O) groups excluding carboxylic acids is 1. The first-order valence-corrected chi connectivity index (χ1v) is 10.5. The fourth-order valence-electron chi connectivity index (χ4n) is 3.14. The molecule has 0 aliphatic rings. The summed E-state index contributed by atoms with van der Waals surface area (Å²) in [5.41, 5.74) is 8.01. The minimum Gasteiger partial charge on any atom is -0.508 e. The molecule has 156 valence electrons. The second-order valence-corrected chi connectivity index (χ2v) is 7.80. The first kappa shape index (κ1) is 20.4. The number of nitrogens with one attached hydrogen (secondary N) is 2. The van der Waals surface area contributed by atoms with Gasteiger partial charge in [0.1, 0.15) is 17.4 Å². The molecule has 0 bridgehead atoms. The molecule has 1 unspecified atom stereocenters. The van der Waals surface area contributed by atoms with Crippen LogP contribution in [0.5, 0.6) is 5.75 Å². The average molecular weight is 432 g/mol. The standard InChI is InChI=1S/C23H21N5O2S/c24-22-18(9-10-20(27-22)26-14-16-6-1-2-11-25-16)23(30)28-21(19-8-4-12-31-19)15-5-3-7-17(29)13-15/h1-13,21,29H,14H2,(H,28,30)(H3,24,26,27). The van der Waals surface area contributed by atoms with Crippen molar-refractivity contribution in [3.05, 3.63) is 100 Å². The lowest BCUT2D eigenvalue weighted by molar-refractivity contribution is 0.0944. The summed E-state index contributed by atoms with van der Waals surface area (Å²) in [7, 11) is 0. The van der Waals surface area contributed by atoms with Gasteiger partial charge < -0.3 is 21.5 Å². The molecule has 0 fully saturated rings. The normalized spacial score (nSPS) is 11.6. The molecule has 0 aliphatic carbocycles. The highest BCUT2D eigenvalue weighted by atomic mass is 32.1. The number of aromatic nitrogens is 2. The highest BCUT2D eigenvalue weighted by molar-refractivity contribution is 7.10. The van der Waals surface area contributed by atoms with Crippen molar-refractivity contribution >= 4 is 28.9 Å². The van der Waals surface area contributed by atoms with Gasteiger partial charge in [-0.05, 0) is 53.4 Å². The van der Waals surface area contributed by atoms with Crippen LogP contribution >= 0.6 is 11.3 Å². The number of thiophene rings is 1. The van der Waals surface area contributed by atoms with Crippen molar-refractivity contribution in [1.29, 1.82) is 0 Å². The van der Waals surface area contributed by atoms with Crippen LogP contribution in [0.25, 0.3) is 0 Å². The molecule has 4 rings (SSSR count). The van der Waals surface area contributed by atoms with E-state index in [0.29, 0.717) is 12.4 Å². The monoisotopic (exact) mass is 431 g/mol. The molecule has 5 N–H and O–H groups in total. The first-order chi connectivity index (χ1) is 15.1. The van der Waals surface area contributed by atoms with Gasteiger partial charge in [-0.3, -0.25) is 9.78 Å². The van der Waals surface area contributed by atoms with Crippen LogP contribution in [0.15, 0.2) is 78.3 Å². The molecule has 3 heterocycles. The number of nitrogens with zero attached hydrogens (tertiary/aromatic N) is 2. The molecule has 0 saturated carbocycles. The van der Waals surface area contributed by atoms with Crippen molar-refractivity contribution in [1.82, 2.24) is 15.3 Å². The molecule has 3 aromatic heterocycles. The summed E-state index contributed by atoms with van der Waals surface area (Å²) in [6.07, 6.45) is 1.72. The number of rotatable bonds is 7. The van der Waals surface area contributed by atoms with Crippen LogP contribution in [0, 0.1) is 0 Å². The Kier molecular flexibility index (Phi) is 6.09. The molecule has 4 aromatic rings. The third kappa shape index (κ3) is 4.99. The van der Waals surface area contributed by atoms with E-state index in [0.717, 1.165) is 16.1 Å². The summed E-state index contributed by atoms with van der Waals surface area (Å²) >= 11 is 1.52. The Balaban J connectivity index is 1.51. The van der Waals surface area contributed by atoms with E-state index in [1.807, 2.05) is 41.8 Å². The Labute approximate surface area is 183 Å². The van der Waals surface area contributed by atoms with Gasteiger partial charge in [0.25, 0.3) is 5.91 Å². The molecule has 1 atom stereocenters. The predicted octanol–water partition coefficient (Wildman–Crippen LogP) is 3.96. The fraction of sp³-hybridized carbons (Fsp3) is 0.0870. The van der Waals surface area contributed by atoms with Crippen molar-refractivity contribution < 1.29 is 9.90 Å². The summed E-state index contributed by atoms with van der Waals surface area (Å²) in [4.78, 5) is 22.5. The zero-order valence-electron chi connectivity index (χ0n) is 16.5. The lowest BCUT2D eigenvalue weighted by Gasteiger charge is -2.19. The summed E-state index contributed by atoms with van der Waals surface area (Å²) in [6.45, 7) is 0.497. The number of hydrogen-bond acceptors (Lipinski definition) is 7. The Morgan fingerprint density at radius 3 is 2.71 bits per heavy atom. The van der Waals surface area contributed by atoms with E-state index in [1.165, 1.54) is 11.3 Å². The van der Waals surface area contributed by atoms with Crippen molar-refractivity contribution in [3.63, 3.8) is 0 Å². The molecule has 0 spiro atoms. The number of nitrogen functional groups attached to an aromatic ring is 1. The van der Waals surface area contributed by atoms with Crippen LogP contribution < -0.4 is 16.4 Å². The van der Waals surface area contributed by atoms with Crippen molar-refractivity contribution in [2.45, 2.75) is 12.6 Å². The molecule has 0 radical (unpaired) electrons. The first-order valence-electron chi connectivity index (χ1n) is 9.63. The number of aromatic hydroxyl groups is 1. The summed E-state index contributed by atoms with van der Waals surface area (Å²) in [5, 5.41) is 18.0. The molecule has 1 amide bonds. The van der Waals surface area contributed by atoms with Gasteiger partial charge in [-0.2, -0.15) is 0 Å². The van der Waals surface area contributed by atoms with E-state index in [2.05, 4.69) is 20.6 Å². The molecule has 1 aromatic carbocycles. The van der Waals surface area contributed by atoms with E-state index in [-0.39, 0.29) is 23.0 Å². The Morgan fingerprint density at radius 1 is 1.10 bits per heavy atom. The number of amides is 1. The van der Waals surface area contributed by atoms with Gasteiger partial charge in [-0.15, -0.1) is 11.3 Å². The van der Waals surface area contributed by atoms with Crippen LogP contribution in [0.1, 0.15) is 32.5 Å². The van der Waals surface area contributed by atoms with E-state index >= 15 is 0 Å². The zero-order chi connectivity index (χ0) is 21.6. The third-order valence-corrected chi connectivity index (χ3v) is 5.59. The Hall–Kier alpha value is -3.91. The minimum absolute atomic E-state index is 0.129. The van der Waals surface area contributed by atoms with Crippen LogP contribution in [-0.2, 0) is 6.54 Å². The quantitative estimate of drug-likeness (QED) is 0.352. The maximum atomic E-state index is 13.0. The van der Waals surface area contributed by atoms with Gasteiger partial charge in [-0.1, -0.05) is 24.3 Å². The van der Waals surface area contributed by atoms with Gasteiger partial charge in [0.15, 0.2) is 0 Å². The van der Waals surface area contributed by atoms with Gasteiger partial charge in [0.2, 0.25) is 0 Å². The number of carbonyl (C=O) groups is 1. The second-order valence-electron chi connectivity index (χ2n) is 6.82. The van der Waals surface area contributed by atoms with Crippen molar-refractivity contribution in [2.24, 2.45) is 0 Å². The molecule has 0 saturated heterocycles. The van der Waals surface area contributed by atoms with E-state index in [9.17, 15) is 9.90 Å². The molecule has 8 heteroatoms. The lowest BCUT2D eigenvalue weighted by Crippen LogP contribution is -2.29.